The lowest BCUT2D eigenvalue weighted by molar-refractivity contribution is -0.128. The van der Waals surface area contributed by atoms with E-state index in [0.717, 1.165) is 51.4 Å². The number of thioether (sulfide) groups is 1. The summed E-state index contributed by atoms with van der Waals surface area (Å²) in [5.41, 5.74) is 1.30. The molecule has 1 aromatic rings. The van der Waals surface area contributed by atoms with Crippen LogP contribution in [0.3, 0.4) is 0 Å². The lowest BCUT2D eigenvalue weighted by Crippen LogP contribution is -2.36. The van der Waals surface area contributed by atoms with E-state index in [1.54, 1.807) is 11.8 Å². The average molecular weight is 363 g/mol. The van der Waals surface area contributed by atoms with Gasteiger partial charge in [-0.25, -0.2) is 0 Å². The van der Waals surface area contributed by atoms with Crippen LogP contribution < -0.4 is 0 Å². The van der Waals surface area contributed by atoms with Crippen LogP contribution in [-0.2, 0) is 11.3 Å². The van der Waals surface area contributed by atoms with Crippen molar-refractivity contribution in [2.45, 2.75) is 25.8 Å². The molecule has 0 N–H and O–H groups in total. The van der Waals surface area contributed by atoms with Crippen molar-refractivity contribution in [2.24, 2.45) is 0 Å². The average Bonchev–Trinajstić information content (AvgIpc) is 3.05. The first-order chi connectivity index (χ1) is 12.3. The van der Waals surface area contributed by atoms with Gasteiger partial charge in [0.1, 0.15) is 0 Å². The molecule has 138 valence electrons. The maximum Gasteiger partial charge on any atom is 0.232 e. The van der Waals surface area contributed by atoms with Crippen molar-refractivity contribution in [1.29, 1.82) is 0 Å². The third kappa shape index (κ3) is 6.28. The lowest BCUT2D eigenvalue weighted by Gasteiger charge is -2.22. The monoisotopic (exact) mass is 362 g/mol. The molecular weight excluding hydrogens is 332 g/mol. The first kappa shape index (κ1) is 18.7. The molecule has 25 heavy (non-hydrogen) atoms. The van der Waals surface area contributed by atoms with E-state index in [4.69, 9.17) is 0 Å². The number of pyridine rings is 1. The summed E-state index contributed by atoms with van der Waals surface area (Å²) >= 11 is 1.80. The van der Waals surface area contributed by atoms with E-state index in [1.807, 2.05) is 12.4 Å². The Kier molecular flexibility index (Phi) is 7.57. The SMILES string of the molecule is O=C(CSCCN1CCCC1)N1CCCN(Cc2ccncc2)CC1. The van der Waals surface area contributed by atoms with Crippen molar-refractivity contribution < 1.29 is 4.79 Å². The fourth-order valence-corrected chi connectivity index (χ4v) is 4.46. The maximum absolute atomic E-state index is 12.5. The van der Waals surface area contributed by atoms with Gasteiger partial charge in [-0.3, -0.25) is 14.7 Å². The smallest absolute Gasteiger partial charge is 0.232 e. The van der Waals surface area contributed by atoms with E-state index < -0.39 is 0 Å². The zero-order valence-corrected chi connectivity index (χ0v) is 15.9. The van der Waals surface area contributed by atoms with Crippen LogP contribution in [0.2, 0.25) is 0 Å². The fraction of sp³-hybridized carbons (Fsp3) is 0.684. The minimum absolute atomic E-state index is 0.317. The molecule has 0 spiro atoms. The van der Waals surface area contributed by atoms with Crippen LogP contribution in [0.5, 0.6) is 0 Å². The zero-order valence-electron chi connectivity index (χ0n) is 15.1. The first-order valence-electron chi connectivity index (χ1n) is 9.50. The topological polar surface area (TPSA) is 39.7 Å². The minimum atomic E-state index is 0.317. The Morgan fingerprint density at radius 1 is 0.960 bits per heavy atom. The summed E-state index contributed by atoms with van der Waals surface area (Å²) in [5, 5.41) is 0. The van der Waals surface area contributed by atoms with Gasteiger partial charge in [0.2, 0.25) is 5.91 Å². The van der Waals surface area contributed by atoms with E-state index in [9.17, 15) is 4.79 Å². The van der Waals surface area contributed by atoms with E-state index in [2.05, 4.69) is 31.8 Å². The molecule has 2 fully saturated rings. The minimum Gasteiger partial charge on any atom is -0.341 e. The van der Waals surface area contributed by atoms with Crippen LogP contribution in [0.1, 0.15) is 24.8 Å². The molecule has 5 nitrogen and oxygen atoms in total. The molecule has 2 saturated heterocycles. The highest BCUT2D eigenvalue weighted by Crippen LogP contribution is 2.12. The Labute approximate surface area is 155 Å². The van der Waals surface area contributed by atoms with Crippen molar-refractivity contribution in [3.05, 3.63) is 30.1 Å². The highest BCUT2D eigenvalue weighted by molar-refractivity contribution is 7.99. The molecule has 3 heterocycles. The normalized spacial score (nSPS) is 19.9. The number of rotatable bonds is 7. The summed E-state index contributed by atoms with van der Waals surface area (Å²) in [7, 11) is 0. The number of hydrogen-bond acceptors (Lipinski definition) is 5. The van der Waals surface area contributed by atoms with E-state index in [0.29, 0.717) is 11.7 Å². The fourth-order valence-electron chi connectivity index (χ4n) is 3.58. The second-order valence-corrected chi connectivity index (χ2v) is 8.07. The van der Waals surface area contributed by atoms with Crippen molar-refractivity contribution in [2.75, 3.05) is 57.3 Å². The molecule has 0 unspecified atom stereocenters. The maximum atomic E-state index is 12.5. The Balaban J connectivity index is 1.34. The predicted molar refractivity (Wildman–Crippen MR) is 104 cm³/mol. The summed E-state index contributed by atoms with van der Waals surface area (Å²) in [4.78, 5) is 23.6. The second-order valence-electron chi connectivity index (χ2n) is 6.97. The number of nitrogens with zero attached hydrogens (tertiary/aromatic N) is 4. The molecule has 2 aliphatic heterocycles. The molecule has 0 radical (unpaired) electrons. The predicted octanol–water partition coefficient (Wildman–Crippen LogP) is 1.94. The van der Waals surface area contributed by atoms with Crippen molar-refractivity contribution in [1.82, 2.24) is 19.7 Å². The molecule has 1 amide bonds. The molecule has 2 aliphatic rings. The van der Waals surface area contributed by atoms with Gasteiger partial charge in [-0.15, -0.1) is 0 Å². The number of hydrogen-bond donors (Lipinski definition) is 0. The first-order valence-corrected chi connectivity index (χ1v) is 10.7. The summed E-state index contributed by atoms with van der Waals surface area (Å²) in [6.07, 6.45) is 7.45. The number of amides is 1. The van der Waals surface area contributed by atoms with Gasteiger partial charge in [0.25, 0.3) is 0 Å². The summed E-state index contributed by atoms with van der Waals surface area (Å²) in [6.45, 7) is 8.37. The quantitative estimate of drug-likeness (QED) is 0.693. The molecule has 6 heteroatoms. The standard InChI is InChI=1S/C19H30N4OS/c24-19(17-25-15-14-21-8-1-2-9-21)23-11-3-10-22(12-13-23)16-18-4-6-20-7-5-18/h4-7H,1-3,8-17H2. The molecule has 0 aliphatic carbocycles. The lowest BCUT2D eigenvalue weighted by atomic mass is 10.2. The summed E-state index contributed by atoms with van der Waals surface area (Å²) in [5.74, 6) is 2.03. The molecular formula is C19H30N4OS. The largest absolute Gasteiger partial charge is 0.341 e. The van der Waals surface area contributed by atoms with Crippen molar-refractivity contribution in [3.63, 3.8) is 0 Å². The van der Waals surface area contributed by atoms with E-state index in [-0.39, 0.29) is 0 Å². The summed E-state index contributed by atoms with van der Waals surface area (Å²) in [6, 6.07) is 4.15. The number of aromatic nitrogens is 1. The molecule has 1 aromatic heterocycles. The third-order valence-electron chi connectivity index (χ3n) is 5.07. The van der Waals surface area contributed by atoms with Crippen LogP contribution in [0.15, 0.2) is 24.5 Å². The van der Waals surface area contributed by atoms with Gasteiger partial charge in [0, 0.05) is 57.4 Å². The van der Waals surface area contributed by atoms with Crippen LogP contribution in [0.25, 0.3) is 0 Å². The second kappa shape index (κ2) is 10.1. The summed E-state index contributed by atoms with van der Waals surface area (Å²) < 4.78 is 0. The third-order valence-corrected chi connectivity index (χ3v) is 6.00. The van der Waals surface area contributed by atoms with Gasteiger partial charge >= 0.3 is 0 Å². The Morgan fingerprint density at radius 2 is 1.72 bits per heavy atom. The van der Waals surface area contributed by atoms with E-state index >= 15 is 0 Å². The van der Waals surface area contributed by atoms with Crippen molar-refractivity contribution >= 4 is 17.7 Å². The van der Waals surface area contributed by atoms with Gasteiger partial charge in [-0.05, 0) is 50.0 Å². The van der Waals surface area contributed by atoms with Crippen molar-refractivity contribution in [3.8, 4) is 0 Å². The molecule has 0 atom stereocenters. The number of carbonyl (C=O) groups is 1. The van der Waals surface area contributed by atoms with Gasteiger partial charge in [-0.1, -0.05) is 0 Å². The Hall–Kier alpha value is -1.11. The Bertz CT molecular complexity index is 521. The van der Waals surface area contributed by atoms with Crippen LogP contribution in [0.4, 0.5) is 0 Å². The number of likely N-dealkylation sites (tertiary alicyclic amines) is 1. The van der Waals surface area contributed by atoms with Gasteiger partial charge in [-0.2, -0.15) is 11.8 Å². The van der Waals surface area contributed by atoms with Crippen LogP contribution in [0, 0.1) is 0 Å². The van der Waals surface area contributed by atoms with Gasteiger partial charge < -0.3 is 9.80 Å². The molecule has 0 bridgehead atoms. The molecule has 0 saturated carbocycles. The molecule has 0 aromatic carbocycles. The van der Waals surface area contributed by atoms with Crippen LogP contribution in [-0.4, -0.2) is 82.9 Å². The Morgan fingerprint density at radius 3 is 2.52 bits per heavy atom. The van der Waals surface area contributed by atoms with Gasteiger partial charge in [0.05, 0.1) is 5.75 Å². The number of carbonyl (C=O) groups excluding carboxylic acids is 1. The molecule has 3 rings (SSSR count). The van der Waals surface area contributed by atoms with E-state index in [1.165, 1.54) is 31.5 Å². The highest BCUT2D eigenvalue weighted by Gasteiger charge is 2.19. The zero-order chi connectivity index (χ0) is 17.3. The van der Waals surface area contributed by atoms with Crippen LogP contribution >= 0.6 is 11.8 Å². The highest BCUT2D eigenvalue weighted by atomic mass is 32.2. The van der Waals surface area contributed by atoms with Gasteiger partial charge in [0.15, 0.2) is 0 Å².